The van der Waals surface area contributed by atoms with E-state index >= 15 is 0 Å². The van der Waals surface area contributed by atoms with E-state index in [1.54, 1.807) is 7.11 Å². The second kappa shape index (κ2) is 8.71. The minimum absolute atomic E-state index is 0.301. The first-order valence-corrected chi connectivity index (χ1v) is 11.4. The molecule has 0 radical (unpaired) electrons. The van der Waals surface area contributed by atoms with E-state index in [9.17, 15) is 9.59 Å². The molecule has 3 aromatic carbocycles. The lowest BCUT2D eigenvalue weighted by Gasteiger charge is -2.32. The fourth-order valence-electron chi connectivity index (χ4n) is 4.69. The van der Waals surface area contributed by atoms with Crippen LogP contribution in [-0.4, -0.2) is 39.6 Å². The van der Waals surface area contributed by atoms with E-state index in [2.05, 4.69) is 6.07 Å². The summed E-state index contributed by atoms with van der Waals surface area (Å²) in [5.74, 6) is 0.0815. The molecule has 2 heterocycles. The number of methoxy groups -OCH3 is 1. The maximum atomic E-state index is 13.9. The zero-order valence-electron chi connectivity index (χ0n) is 19.6. The van der Waals surface area contributed by atoms with Crippen molar-refractivity contribution in [1.82, 2.24) is 0 Å². The number of fused-ring (bicyclic) bond motifs is 1. The Bertz CT molecular complexity index is 1280. The molecule has 0 unspecified atom stereocenters. The number of anilines is 3. The maximum absolute atomic E-state index is 13.9. The normalized spacial score (nSPS) is 15.6. The monoisotopic (exact) mass is 453 g/mol. The molecule has 3 aromatic rings. The Labute approximate surface area is 199 Å². The van der Waals surface area contributed by atoms with Gasteiger partial charge in [0.15, 0.2) is 0 Å². The van der Waals surface area contributed by atoms with Crippen LogP contribution >= 0.6 is 0 Å². The fourth-order valence-corrected chi connectivity index (χ4v) is 4.69. The van der Waals surface area contributed by atoms with Crippen LogP contribution in [-0.2, 0) is 16.0 Å². The summed E-state index contributed by atoms with van der Waals surface area (Å²) < 4.78 is 5.30. The Morgan fingerprint density at radius 3 is 2.24 bits per heavy atom. The number of imide groups is 1. The van der Waals surface area contributed by atoms with Crippen LogP contribution < -0.4 is 19.4 Å². The van der Waals surface area contributed by atoms with Gasteiger partial charge in [0.25, 0.3) is 11.8 Å². The van der Waals surface area contributed by atoms with Crippen molar-refractivity contribution >= 4 is 34.4 Å². The largest absolute Gasteiger partial charge is 0.497 e. The predicted octanol–water partition coefficient (Wildman–Crippen LogP) is 4.50. The number of carbonyl (C=O) groups excluding carboxylic acids is 2. The van der Waals surface area contributed by atoms with Crippen LogP contribution in [0, 0.1) is 0 Å². The quantitative estimate of drug-likeness (QED) is 0.533. The summed E-state index contributed by atoms with van der Waals surface area (Å²) in [6, 6.07) is 22.9. The second-order valence-corrected chi connectivity index (χ2v) is 8.69. The van der Waals surface area contributed by atoms with Gasteiger partial charge in [0.1, 0.15) is 11.4 Å². The SMILES string of the molecule is COc1ccc(C2=C(N3CCCc4ccccc43)C(=O)N(c3ccc(N(C)C)cc3)C2=O)cc1. The molecule has 5 rings (SSSR count). The standard InChI is InChI=1S/C28H27N3O3/c1-29(2)21-12-14-22(15-13-21)31-27(32)25(20-10-16-23(34-3)17-11-20)26(28(31)33)30-18-6-8-19-7-4-5-9-24(19)30/h4-5,7,9-17H,6,8,18H2,1-3H3. The molecule has 34 heavy (non-hydrogen) atoms. The topological polar surface area (TPSA) is 53.1 Å². The van der Waals surface area contributed by atoms with Crippen LogP contribution in [0.2, 0.25) is 0 Å². The van der Waals surface area contributed by atoms with Crippen molar-refractivity contribution in [3.8, 4) is 5.75 Å². The van der Waals surface area contributed by atoms with E-state index in [4.69, 9.17) is 4.74 Å². The highest BCUT2D eigenvalue weighted by molar-refractivity contribution is 6.46. The van der Waals surface area contributed by atoms with Gasteiger partial charge in [0, 0.05) is 32.0 Å². The highest BCUT2D eigenvalue weighted by atomic mass is 16.5. The molecule has 2 amide bonds. The van der Waals surface area contributed by atoms with Gasteiger partial charge in [-0.15, -0.1) is 0 Å². The van der Waals surface area contributed by atoms with Crippen LogP contribution in [0.25, 0.3) is 5.57 Å². The lowest BCUT2D eigenvalue weighted by molar-refractivity contribution is -0.120. The number of benzene rings is 3. The molecule has 0 bridgehead atoms. The average molecular weight is 454 g/mol. The van der Waals surface area contributed by atoms with E-state index in [-0.39, 0.29) is 11.8 Å². The summed E-state index contributed by atoms with van der Waals surface area (Å²) in [7, 11) is 5.51. The van der Waals surface area contributed by atoms with Gasteiger partial charge in [-0.2, -0.15) is 0 Å². The molecule has 0 spiro atoms. The number of rotatable bonds is 5. The smallest absolute Gasteiger partial charge is 0.282 e. The van der Waals surface area contributed by atoms with Crippen molar-refractivity contribution in [2.75, 3.05) is 42.4 Å². The van der Waals surface area contributed by atoms with Gasteiger partial charge in [-0.3, -0.25) is 9.59 Å². The Morgan fingerprint density at radius 2 is 1.56 bits per heavy atom. The van der Waals surface area contributed by atoms with Crippen LogP contribution in [0.1, 0.15) is 17.5 Å². The number of para-hydroxylation sites is 1. The summed E-state index contributed by atoms with van der Waals surface area (Å²) in [4.78, 5) is 33.1. The number of carbonyl (C=O) groups is 2. The van der Waals surface area contributed by atoms with E-state index in [1.165, 1.54) is 10.5 Å². The predicted molar refractivity (Wildman–Crippen MR) is 135 cm³/mol. The summed E-state index contributed by atoms with van der Waals surface area (Å²) in [6.45, 7) is 0.679. The Balaban J connectivity index is 1.64. The molecule has 172 valence electrons. The minimum atomic E-state index is -0.314. The molecule has 0 atom stereocenters. The number of hydrogen-bond donors (Lipinski definition) is 0. The average Bonchev–Trinajstić information content (AvgIpc) is 3.13. The maximum Gasteiger partial charge on any atom is 0.282 e. The third-order valence-corrected chi connectivity index (χ3v) is 6.44. The molecule has 0 N–H and O–H groups in total. The Hall–Kier alpha value is -4.06. The number of hydrogen-bond acceptors (Lipinski definition) is 5. The summed E-state index contributed by atoms with van der Waals surface area (Å²) in [6.07, 6.45) is 1.87. The van der Waals surface area contributed by atoms with Crippen LogP contribution in [0.15, 0.2) is 78.5 Å². The molecular weight excluding hydrogens is 426 g/mol. The van der Waals surface area contributed by atoms with Crippen molar-refractivity contribution in [3.05, 3.63) is 89.6 Å². The Kier molecular flexibility index (Phi) is 5.57. The van der Waals surface area contributed by atoms with Gasteiger partial charge in [-0.25, -0.2) is 4.90 Å². The minimum Gasteiger partial charge on any atom is -0.497 e. The molecule has 0 fully saturated rings. The zero-order chi connectivity index (χ0) is 23.8. The molecule has 0 aromatic heterocycles. The highest BCUT2D eigenvalue weighted by Crippen LogP contribution is 2.40. The van der Waals surface area contributed by atoms with E-state index in [0.717, 1.165) is 24.2 Å². The lowest BCUT2D eigenvalue weighted by Crippen LogP contribution is -2.37. The third-order valence-electron chi connectivity index (χ3n) is 6.44. The van der Waals surface area contributed by atoms with Gasteiger partial charge in [0.2, 0.25) is 0 Å². The zero-order valence-corrected chi connectivity index (χ0v) is 19.6. The molecule has 2 aliphatic rings. The molecular formula is C28H27N3O3. The molecule has 2 aliphatic heterocycles. The van der Waals surface area contributed by atoms with Gasteiger partial charge < -0.3 is 14.5 Å². The highest BCUT2D eigenvalue weighted by Gasteiger charge is 2.43. The summed E-state index contributed by atoms with van der Waals surface area (Å²) in [5.41, 5.74) is 5.28. The third kappa shape index (κ3) is 3.61. The molecule has 6 heteroatoms. The fraction of sp³-hybridized carbons (Fsp3) is 0.214. The first-order valence-electron chi connectivity index (χ1n) is 11.4. The molecule has 0 saturated heterocycles. The first kappa shape index (κ1) is 21.8. The van der Waals surface area contributed by atoms with Gasteiger partial charge in [-0.1, -0.05) is 30.3 Å². The van der Waals surface area contributed by atoms with E-state index < -0.39 is 0 Å². The summed E-state index contributed by atoms with van der Waals surface area (Å²) in [5, 5.41) is 0. The number of ether oxygens (including phenoxy) is 1. The van der Waals surface area contributed by atoms with Crippen molar-refractivity contribution < 1.29 is 14.3 Å². The van der Waals surface area contributed by atoms with Crippen LogP contribution in [0.4, 0.5) is 17.1 Å². The summed E-state index contributed by atoms with van der Waals surface area (Å²) >= 11 is 0. The molecule has 6 nitrogen and oxygen atoms in total. The van der Waals surface area contributed by atoms with Gasteiger partial charge in [0.05, 0.1) is 18.4 Å². The van der Waals surface area contributed by atoms with Crippen LogP contribution in [0.5, 0.6) is 5.75 Å². The second-order valence-electron chi connectivity index (χ2n) is 8.69. The molecule has 0 aliphatic carbocycles. The van der Waals surface area contributed by atoms with Gasteiger partial charge in [-0.05, 0) is 66.4 Å². The molecule has 0 saturated carbocycles. The number of amides is 2. The van der Waals surface area contributed by atoms with Crippen molar-refractivity contribution in [3.63, 3.8) is 0 Å². The van der Waals surface area contributed by atoms with Crippen molar-refractivity contribution in [2.24, 2.45) is 0 Å². The first-order chi connectivity index (χ1) is 16.5. The van der Waals surface area contributed by atoms with E-state index in [1.807, 2.05) is 90.6 Å². The Morgan fingerprint density at radius 1 is 0.853 bits per heavy atom. The van der Waals surface area contributed by atoms with Crippen molar-refractivity contribution in [2.45, 2.75) is 12.8 Å². The number of aryl methyl sites for hydroxylation is 1. The van der Waals surface area contributed by atoms with Crippen LogP contribution in [0.3, 0.4) is 0 Å². The lowest BCUT2D eigenvalue weighted by atomic mass is 9.98. The van der Waals surface area contributed by atoms with Crippen molar-refractivity contribution in [1.29, 1.82) is 0 Å². The number of nitrogens with zero attached hydrogens (tertiary/aromatic N) is 3. The van der Waals surface area contributed by atoms with Gasteiger partial charge >= 0.3 is 0 Å². The van der Waals surface area contributed by atoms with E-state index in [0.29, 0.717) is 34.8 Å².